The summed E-state index contributed by atoms with van der Waals surface area (Å²) in [6.07, 6.45) is 1.85. The van der Waals surface area contributed by atoms with Crippen molar-refractivity contribution in [2.75, 3.05) is 18.4 Å². The van der Waals surface area contributed by atoms with E-state index in [1.807, 2.05) is 53.4 Å². The Labute approximate surface area is 184 Å². The quantitative estimate of drug-likeness (QED) is 0.549. The third kappa shape index (κ3) is 5.14. The van der Waals surface area contributed by atoms with Crippen molar-refractivity contribution in [3.8, 4) is 22.6 Å². The maximum Gasteiger partial charge on any atom is 0.219 e. The van der Waals surface area contributed by atoms with Crippen LogP contribution in [0.1, 0.15) is 19.8 Å². The van der Waals surface area contributed by atoms with Crippen molar-refractivity contribution in [3.05, 3.63) is 78.9 Å². The standard InChI is InChI=1S/C25H26N2O2.ClH/c1-19(28)27-17-15-21(16-18-27)26-25-23(20-9-4-2-5-10-20)13-8-14-24(25)29-22-11-6-3-7-12-22;/h2-14,21,26H,15-18H2,1H3;1H. The van der Waals surface area contributed by atoms with E-state index in [-0.39, 0.29) is 18.3 Å². The van der Waals surface area contributed by atoms with Gasteiger partial charge in [0.2, 0.25) is 5.91 Å². The second kappa shape index (κ2) is 10.2. The first kappa shape index (κ1) is 21.7. The molecule has 3 aromatic rings. The molecule has 1 heterocycles. The van der Waals surface area contributed by atoms with Crippen LogP contribution in [0.3, 0.4) is 0 Å². The van der Waals surface area contributed by atoms with E-state index in [4.69, 9.17) is 4.74 Å². The lowest BCUT2D eigenvalue weighted by atomic mass is 10.00. The van der Waals surface area contributed by atoms with Crippen molar-refractivity contribution in [2.24, 2.45) is 0 Å². The van der Waals surface area contributed by atoms with Gasteiger partial charge in [-0.1, -0.05) is 60.7 Å². The van der Waals surface area contributed by atoms with E-state index in [0.717, 1.165) is 54.2 Å². The predicted molar refractivity (Wildman–Crippen MR) is 125 cm³/mol. The molecule has 0 radical (unpaired) electrons. The zero-order valence-corrected chi connectivity index (χ0v) is 17.9. The first-order valence-corrected chi connectivity index (χ1v) is 10.1. The minimum Gasteiger partial charge on any atom is -0.455 e. The fourth-order valence-electron chi connectivity index (χ4n) is 3.78. The number of amides is 1. The molecule has 0 unspecified atom stereocenters. The number of para-hydroxylation sites is 2. The maximum atomic E-state index is 11.6. The number of piperidine rings is 1. The zero-order chi connectivity index (χ0) is 20.1. The molecule has 4 rings (SSSR count). The Morgan fingerprint density at radius 1 is 0.900 bits per heavy atom. The number of hydrogen-bond acceptors (Lipinski definition) is 3. The zero-order valence-electron chi connectivity index (χ0n) is 17.1. The highest BCUT2D eigenvalue weighted by Gasteiger charge is 2.23. The van der Waals surface area contributed by atoms with Gasteiger partial charge in [0.1, 0.15) is 5.75 Å². The number of carbonyl (C=O) groups excluding carboxylic acids is 1. The first-order chi connectivity index (χ1) is 14.2. The second-order valence-electron chi connectivity index (χ2n) is 7.38. The van der Waals surface area contributed by atoms with Gasteiger partial charge in [-0.15, -0.1) is 12.4 Å². The molecule has 3 aromatic carbocycles. The Hall–Kier alpha value is -2.98. The van der Waals surface area contributed by atoms with Crippen molar-refractivity contribution < 1.29 is 9.53 Å². The third-order valence-corrected chi connectivity index (χ3v) is 5.37. The van der Waals surface area contributed by atoms with Gasteiger partial charge in [-0.2, -0.15) is 0 Å². The largest absolute Gasteiger partial charge is 0.455 e. The molecule has 4 nitrogen and oxygen atoms in total. The first-order valence-electron chi connectivity index (χ1n) is 10.1. The number of benzene rings is 3. The maximum absolute atomic E-state index is 11.6. The van der Waals surface area contributed by atoms with Crippen molar-refractivity contribution in [1.29, 1.82) is 0 Å². The van der Waals surface area contributed by atoms with Crippen LogP contribution < -0.4 is 10.1 Å². The number of halogens is 1. The molecule has 1 saturated heterocycles. The monoisotopic (exact) mass is 422 g/mol. The van der Waals surface area contributed by atoms with Crippen LogP contribution in [0.4, 0.5) is 5.69 Å². The van der Waals surface area contributed by atoms with Gasteiger partial charge in [-0.3, -0.25) is 4.79 Å². The van der Waals surface area contributed by atoms with Gasteiger partial charge in [0.25, 0.3) is 0 Å². The third-order valence-electron chi connectivity index (χ3n) is 5.37. The highest BCUT2D eigenvalue weighted by Crippen LogP contribution is 2.39. The highest BCUT2D eigenvalue weighted by molar-refractivity contribution is 5.85. The molecule has 0 atom stereocenters. The molecule has 1 N–H and O–H groups in total. The van der Waals surface area contributed by atoms with E-state index in [1.165, 1.54) is 0 Å². The van der Waals surface area contributed by atoms with Gasteiger partial charge in [0.05, 0.1) is 5.69 Å². The van der Waals surface area contributed by atoms with Crippen LogP contribution in [-0.2, 0) is 4.79 Å². The van der Waals surface area contributed by atoms with Crippen LogP contribution in [0.5, 0.6) is 11.5 Å². The van der Waals surface area contributed by atoms with Crippen LogP contribution in [0.15, 0.2) is 78.9 Å². The lowest BCUT2D eigenvalue weighted by Gasteiger charge is -2.33. The molecule has 30 heavy (non-hydrogen) atoms. The van der Waals surface area contributed by atoms with Crippen LogP contribution in [0, 0.1) is 0 Å². The summed E-state index contributed by atoms with van der Waals surface area (Å²) in [5, 5.41) is 3.73. The Balaban J connectivity index is 0.00000256. The van der Waals surface area contributed by atoms with Gasteiger partial charge in [-0.25, -0.2) is 0 Å². The Morgan fingerprint density at radius 2 is 1.53 bits per heavy atom. The van der Waals surface area contributed by atoms with Crippen molar-refractivity contribution in [1.82, 2.24) is 4.90 Å². The van der Waals surface area contributed by atoms with E-state index < -0.39 is 0 Å². The van der Waals surface area contributed by atoms with E-state index in [1.54, 1.807) is 6.92 Å². The smallest absolute Gasteiger partial charge is 0.219 e. The van der Waals surface area contributed by atoms with Crippen LogP contribution >= 0.6 is 12.4 Å². The Kier molecular flexibility index (Phi) is 7.36. The molecule has 1 aliphatic heterocycles. The average molecular weight is 423 g/mol. The average Bonchev–Trinajstić information content (AvgIpc) is 2.76. The SMILES string of the molecule is CC(=O)N1CCC(Nc2c(Oc3ccccc3)cccc2-c2ccccc2)CC1.Cl. The van der Waals surface area contributed by atoms with Crippen LogP contribution in [-0.4, -0.2) is 29.9 Å². The Bertz CT molecular complexity index is 955. The molecular weight excluding hydrogens is 396 g/mol. The summed E-state index contributed by atoms with van der Waals surface area (Å²) in [7, 11) is 0. The number of nitrogens with one attached hydrogen (secondary N) is 1. The number of likely N-dealkylation sites (tertiary alicyclic amines) is 1. The lowest BCUT2D eigenvalue weighted by Crippen LogP contribution is -2.41. The summed E-state index contributed by atoms with van der Waals surface area (Å²) in [6, 6.07) is 26.7. The molecule has 1 amide bonds. The number of nitrogens with zero attached hydrogens (tertiary/aromatic N) is 1. The molecule has 1 aliphatic rings. The molecule has 0 spiro atoms. The molecule has 156 valence electrons. The van der Waals surface area contributed by atoms with Crippen molar-refractivity contribution >= 4 is 24.0 Å². The summed E-state index contributed by atoms with van der Waals surface area (Å²) in [5.41, 5.74) is 3.27. The van der Waals surface area contributed by atoms with E-state index >= 15 is 0 Å². The number of rotatable bonds is 5. The fourth-order valence-corrected chi connectivity index (χ4v) is 3.78. The molecule has 0 bridgehead atoms. The summed E-state index contributed by atoms with van der Waals surface area (Å²) in [4.78, 5) is 13.6. The number of anilines is 1. The van der Waals surface area contributed by atoms with Crippen LogP contribution in [0.2, 0.25) is 0 Å². The van der Waals surface area contributed by atoms with Crippen molar-refractivity contribution in [3.63, 3.8) is 0 Å². The number of ether oxygens (including phenoxy) is 1. The topological polar surface area (TPSA) is 41.6 Å². The molecule has 0 aliphatic carbocycles. The predicted octanol–water partition coefficient (Wildman–Crippen LogP) is 5.99. The Morgan fingerprint density at radius 3 is 2.17 bits per heavy atom. The van der Waals surface area contributed by atoms with E-state index in [2.05, 4.69) is 35.6 Å². The van der Waals surface area contributed by atoms with Gasteiger partial charge < -0.3 is 15.0 Å². The van der Waals surface area contributed by atoms with Crippen LogP contribution in [0.25, 0.3) is 11.1 Å². The van der Waals surface area contributed by atoms with Gasteiger partial charge >= 0.3 is 0 Å². The normalized spacial score (nSPS) is 14.0. The van der Waals surface area contributed by atoms with Gasteiger partial charge in [-0.05, 0) is 36.6 Å². The molecule has 1 fully saturated rings. The number of carbonyl (C=O) groups is 1. The minimum absolute atomic E-state index is 0. The second-order valence-corrected chi connectivity index (χ2v) is 7.38. The van der Waals surface area contributed by atoms with E-state index in [9.17, 15) is 4.79 Å². The van der Waals surface area contributed by atoms with E-state index in [0.29, 0.717) is 6.04 Å². The molecule has 5 heteroatoms. The summed E-state index contributed by atoms with van der Waals surface area (Å²) in [6.45, 7) is 3.22. The molecular formula is C25H27ClN2O2. The summed E-state index contributed by atoms with van der Waals surface area (Å²) in [5.74, 6) is 1.78. The van der Waals surface area contributed by atoms with Gasteiger partial charge in [0.15, 0.2) is 5.75 Å². The minimum atomic E-state index is 0. The molecule has 0 aromatic heterocycles. The lowest BCUT2D eigenvalue weighted by molar-refractivity contribution is -0.129. The summed E-state index contributed by atoms with van der Waals surface area (Å²) >= 11 is 0. The highest BCUT2D eigenvalue weighted by atomic mass is 35.5. The number of hydrogen-bond donors (Lipinski definition) is 1. The molecule has 0 saturated carbocycles. The van der Waals surface area contributed by atoms with Crippen molar-refractivity contribution in [2.45, 2.75) is 25.8 Å². The fraction of sp³-hybridized carbons (Fsp3) is 0.240. The van der Waals surface area contributed by atoms with Gasteiger partial charge in [0, 0.05) is 31.6 Å². The summed E-state index contributed by atoms with van der Waals surface area (Å²) < 4.78 is 6.25.